The van der Waals surface area contributed by atoms with Crippen LogP contribution in [0.5, 0.6) is 17.2 Å². The first-order valence-electron chi connectivity index (χ1n) is 10.2. The highest BCUT2D eigenvalue weighted by atomic mass is 35.5. The SMILES string of the molecule is CCc1cccc(OCC(=O)N/N=C/c2ccc(OCc3ccc(Cl)cc3)c(OC)c2)c1. The van der Waals surface area contributed by atoms with Gasteiger partial charge in [-0.05, 0) is 65.6 Å². The Hall–Kier alpha value is -3.51. The van der Waals surface area contributed by atoms with Crippen LogP contribution in [0, 0.1) is 0 Å². The van der Waals surface area contributed by atoms with Gasteiger partial charge in [-0.25, -0.2) is 5.43 Å². The Balaban J connectivity index is 1.51. The van der Waals surface area contributed by atoms with Gasteiger partial charge in [0.15, 0.2) is 18.1 Å². The van der Waals surface area contributed by atoms with Crippen LogP contribution >= 0.6 is 11.6 Å². The number of ether oxygens (including phenoxy) is 3. The van der Waals surface area contributed by atoms with Gasteiger partial charge < -0.3 is 14.2 Å². The molecule has 0 atom stereocenters. The zero-order valence-corrected chi connectivity index (χ0v) is 18.8. The number of methoxy groups -OCH3 is 1. The molecule has 0 aliphatic rings. The first-order chi connectivity index (χ1) is 15.6. The lowest BCUT2D eigenvalue weighted by molar-refractivity contribution is -0.123. The molecule has 0 unspecified atom stereocenters. The van der Waals surface area contributed by atoms with Crippen molar-refractivity contribution in [1.29, 1.82) is 0 Å². The lowest BCUT2D eigenvalue weighted by atomic mass is 10.2. The lowest BCUT2D eigenvalue weighted by Crippen LogP contribution is -2.24. The van der Waals surface area contributed by atoms with Crippen LogP contribution < -0.4 is 19.6 Å². The Labute approximate surface area is 192 Å². The van der Waals surface area contributed by atoms with E-state index in [0.29, 0.717) is 28.9 Å². The Morgan fingerprint density at radius 3 is 2.56 bits per heavy atom. The normalized spacial score (nSPS) is 10.7. The fraction of sp³-hybridized carbons (Fsp3) is 0.200. The van der Waals surface area contributed by atoms with E-state index in [1.807, 2.05) is 54.6 Å². The highest BCUT2D eigenvalue weighted by molar-refractivity contribution is 6.30. The molecular weight excluding hydrogens is 428 g/mol. The van der Waals surface area contributed by atoms with Gasteiger partial charge in [0, 0.05) is 5.02 Å². The summed E-state index contributed by atoms with van der Waals surface area (Å²) in [5, 5.41) is 4.66. The molecule has 3 rings (SSSR count). The predicted molar refractivity (Wildman–Crippen MR) is 126 cm³/mol. The quantitative estimate of drug-likeness (QED) is 0.346. The first-order valence-corrected chi connectivity index (χ1v) is 10.5. The minimum Gasteiger partial charge on any atom is -0.493 e. The van der Waals surface area contributed by atoms with Crippen molar-refractivity contribution in [2.75, 3.05) is 13.7 Å². The van der Waals surface area contributed by atoms with Crippen molar-refractivity contribution >= 4 is 23.7 Å². The summed E-state index contributed by atoms with van der Waals surface area (Å²) >= 11 is 5.91. The van der Waals surface area contributed by atoms with Crippen LogP contribution in [0.3, 0.4) is 0 Å². The van der Waals surface area contributed by atoms with Crippen LogP contribution in [0.4, 0.5) is 0 Å². The third kappa shape index (κ3) is 7.03. The number of rotatable bonds is 10. The van der Waals surface area contributed by atoms with Crippen molar-refractivity contribution in [2.24, 2.45) is 5.10 Å². The van der Waals surface area contributed by atoms with Crippen LogP contribution in [-0.4, -0.2) is 25.8 Å². The molecule has 1 amide bonds. The number of benzene rings is 3. The van der Waals surface area contributed by atoms with Gasteiger partial charge in [0.05, 0.1) is 13.3 Å². The molecule has 0 aliphatic carbocycles. The van der Waals surface area contributed by atoms with Crippen molar-refractivity contribution in [3.05, 3.63) is 88.4 Å². The highest BCUT2D eigenvalue weighted by Crippen LogP contribution is 2.28. The maximum Gasteiger partial charge on any atom is 0.277 e. The summed E-state index contributed by atoms with van der Waals surface area (Å²) in [6.45, 7) is 2.33. The fourth-order valence-corrected chi connectivity index (χ4v) is 2.97. The van der Waals surface area contributed by atoms with Gasteiger partial charge >= 0.3 is 0 Å². The Morgan fingerprint density at radius 2 is 1.81 bits per heavy atom. The summed E-state index contributed by atoms with van der Waals surface area (Å²) in [6.07, 6.45) is 2.43. The molecule has 0 fully saturated rings. The smallest absolute Gasteiger partial charge is 0.277 e. The zero-order chi connectivity index (χ0) is 22.8. The number of hydrogen-bond acceptors (Lipinski definition) is 5. The van der Waals surface area contributed by atoms with E-state index in [9.17, 15) is 4.79 Å². The second kappa shape index (κ2) is 11.8. The van der Waals surface area contributed by atoms with E-state index < -0.39 is 0 Å². The molecule has 7 heteroatoms. The molecule has 1 N–H and O–H groups in total. The Bertz CT molecular complexity index is 1070. The van der Waals surface area contributed by atoms with Gasteiger partial charge in [0.2, 0.25) is 0 Å². The van der Waals surface area contributed by atoms with Gasteiger partial charge in [0.1, 0.15) is 12.4 Å². The number of aryl methyl sites for hydroxylation is 1. The maximum atomic E-state index is 12.0. The van der Waals surface area contributed by atoms with Gasteiger partial charge in [0.25, 0.3) is 5.91 Å². The standard InChI is InChI=1S/C25H25ClN2O4/c1-3-18-5-4-6-22(13-18)31-17-25(29)28-27-15-20-9-12-23(24(14-20)30-2)32-16-19-7-10-21(26)11-8-19/h4-15H,3,16-17H2,1-2H3,(H,28,29)/b27-15+. The number of hydrogen-bond donors (Lipinski definition) is 1. The van der Waals surface area contributed by atoms with E-state index in [4.69, 9.17) is 25.8 Å². The summed E-state index contributed by atoms with van der Waals surface area (Å²) in [5.41, 5.74) is 5.35. The summed E-state index contributed by atoms with van der Waals surface area (Å²) in [5.74, 6) is 1.47. The van der Waals surface area contributed by atoms with Gasteiger partial charge in [-0.15, -0.1) is 0 Å². The number of halogens is 1. The number of carbonyl (C=O) groups is 1. The number of nitrogens with one attached hydrogen (secondary N) is 1. The van der Waals surface area contributed by atoms with E-state index in [-0.39, 0.29) is 12.5 Å². The van der Waals surface area contributed by atoms with E-state index in [0.717, 1.165) is 23.1 Å². The number of hydrazone groups is 1. The minimum absolute atomic E-state index is 0.120. The molecule has 0 saturated heterocycles. The largest absolute Gasteiger partial charge is 0.493 e. The summed E-state index contributed by atoms with van der Waals surface area (Å²) in [7, 11) is 1.57. The second-order valence-corrected chi connectivity index (χ2v) is 7.34. The average Bonchev–Trinajstić information content (AvgIpc) is 2.83. The number of carbonyl (C=O) groups excluding carboxylic acids is 1. The molecule has 0 heterocycles. The molecule has 0 aromatic heterocycles. The van der Waals surface area contributed by atoms with E-state index in [2.05, 4.69) is 17.5 Å². The third-order valence-corrected chi connectivity index (χ3v) is 4.83. The van der Waals surface area contributed by atoms with Crippen LogP contribution in [-0.2, 0) is 17.8 Å². The average molecular weight is 453 g/mol. The van der Waals surface area contributed by atoms with Crippen molar-refractivity contribution in [3.8, 4) is 17.2 Å². The number of nitrogens with zero attached hydrogens (tertiary/aromatic N) is 1. The van der Waals surface area contributed by atoms with Gasteiger partial charge in [-0.2, -0.15) is 5.10 Å². The predicted octanol–water partition coefficient (Wildman–Crippen LogP) is 5.02. The minimum atomic E-state index is -0.349. The fourth-order valence-electron chi connectivity index (χ4n) is 2.84. The van der Waals surface area contributed by atoms with E-state index >= 15 is 0 Å². The van der Waals surface area contributed by atoms with Crippen molar-refractivity contribution in [3.63, 3.8) is 0 Å². The van der Waals surface area contributed by atoms with Gasteiger partial charge in [-0.3, -0.25) is 4.79 Å². The summed E-state index contributed by atoms with van der Waals surface area (Å²) in [6, 6.07) is 20.5. The molecule has 0 aliphatic heterocycles. The molecule has 3 aromatic rings. The molecule has 32 heavy (non-hydrogen) atoms. The monoisotopic (exact) mass is 452 g/mol. The van der Waals surface area contributed by atoms with Crippen LogP contribution in [0.15, 0.2) is 71.8 Å². The van der Waals surface area contributed by atoms with Gasteiger partial charge in [-0.1, -0.05) is 42.8 Å². The zero-order valence-electron chi connectivity index (χ0n) is 18.0. The Kier molecular flexibility index (Phi) is 8.52. The van der Waals surface area contributed by atoms with E-state index in [1.165, 1.54) is 6.21 Å². The molecular formula is C25H25ClN2O4. The highest BCUT2D eigenvalue weighted by Gasteiger charge is 2.06. The molecule has 0 saturated carbocycles. The summed E-state index contributed by atoms with van der Waals surface area (Å²) in [4.78, 5) is 12.0. The maximum absolute atomic E-state index is 12.0. The summed E-state index contributed by atoms with van der Waals surface area (Å²) < 4.78 is 16.8. The molecule has 0 spiro atoms. The second-order valence-electron chi connectivity index (χ2n) is 6.91. The first kappa shape index (κ1) is 23.2. The van der Waals surface area contributed by atoms with Crippen LogP contribution in [0.2, 0.25) is 5.02 Å². The third-order valence-electron chi connectivity index (χ3n) is 4.57. The van der Waals surface area contributed by atoms with Crippen molar-refractivity contribution in [2.45, 2.75) is 20.0 Å². The molecule has 6 nitrogen and oxygen atoms in total. The topological polar surface area (TPSA) is 69.2 Å². The number of amides is 1. The Morgan fingerprint density at radius 1 is 1.00 bits per heavy atom. The molecule has 0 radical (unpaired) electrons. The lowest BCUT2D eigenvalue weighted by Gasteiger charge is -2.11. The van der Waals surface area contributed by atoms with E-state index in [1.54, 1.807) is 19.2 Å². The van der Waals surface area contributed by atoms with Crippen LogP contribution in [0.1, 0.15) is 23.6 Å². The molecule has 3 aromatic carbocycles. The van der Waals surface area contributed by atoms with Crippen LogP contribution in [0.25, 0.3) is 0 Å². The van der Waals surface area contributed by atoms with Crippen molar-refractivity contribution < 1.29 is 19.0 Å². The molecule has 0 bridgehead atoms. The van der Waals surface area contributed by atoms with Crippen molar-refractivity contribution in [1.82, 2.24) is 5.43 Å². The molecule has 166 valence electrons.